The molecule has 0 spiro atoms. The fourth-order valence-electron chi connectivity index (χ4n) is 1.50. The highest BCUT2D eigenvalue weighted by molar-refractivity contribution is 6.30. The van der Waals surface area contributed by atoms with Gasteiger partial charge in [0.25, 0.3) is 0 Å². The smallest absolute Gasteiger partial charge is 0.0662 e. The lowest BCUT2D eigenvalue weighted by atomic mass is 10.1. The van der Waals surface area contributed by atoms with Crippen LogP contribution in [0.2, 0.25) is 5.02 Å². The molecule has 0 bridgehead atoms. The third kappa shape index (κ3) is 2.21. The van der Waals surface area contributed by atoms with Crippen LogP contribution in [0.15, 0.2) is 24.3 Å². The first-order chi connectivity index (χ1) is 6.36. The minimum absolute atomic E-state index is 0.299. The first-order valence-corrected chi connectivity index (χ1v) is 4.80. The average Bonchev–Trinajstić information content (AvgIpc) is 2.19. The minimum Gasteiger partial charge on any atom is -0.378 e. The van der Waals surface area contributed by atoms with Crippen LogP contribution in [0.1, 0.15) is 11.6 Å². The molecular weight excluding hydrogens is 186 g/mol. The highest BCUT2D eigenvalue weighted by atomic mass is 35.5. The van der Waals surface area contributed by atoms with E-state index in [0.717, 1.165) is 24.8 Å². The zero-order chi connectivity index (χ0) is 9.10. The van der Waals surface area contributed by atoms with E-state index in [1.807, 2.05) is 18.2 Å². The Morgan fingerprint density at radius 3 is 3.08 bits per heavy atom. The van der Waals surface area contributed by atoms with Gasteiger partial charge in [0.1, 0.15) is 0 Å². The zero-order valence-corrected chi connectivity index (χ0v) is 8.05. The summed E-state index contributed by atoms with van der Waals surface area (Å²) in [5.74, 6) is 0. The molecule has 1 N–H and O–H groups in total. The van der Waals surface area contributed by atoms with E-state index in [9.17, 15) is 0 Å². The van der Waals surface area contributed by atoms with Crippen LogP contribution in [0.25, 0.3) is 0 Å². The van der Waals surface area contributed by atoms with Crippen molar-refractivity contribution < 1.29 is 4.74 Å². The normalized spacial score (nSPS) is 23.0. The van der Waals surface area contributed by atoms with E-state index in [-0.39, 0.29) is 0 Å². The lowest BCUT2D eigenvalue weighted by Gasteiger charge is -2.24. The van der Waals surface area contributed by atoms with Crippen LogP contribution >= 0.6 is 11.6 Å². The minimum atomic E-state index is 0.299. The van der Waals surface area contributed by atoms with E-state index in [0.29, 0.717) is 6.04 Å². The van der Waals surface area contributed by atoms with Crippen LogP contribution in [-0.2, 0) is 4.74 Å². The number of morpholine rings is 1. The largest absolute Gasteiger partial charge is 0.378 e. The van der Waals surface area contributed by atoms with Crippen LogP contribution in [0.3, 0.4) is 0 Å². The second kappa shape index (κ2) is 4.09. The van der Waals surface area contributed by atoms with Crippen LogP contribution in [-0.4, -0.2) is 19.8 Å². The maximum Gasteiger partial charge on any atom is 0.0662 e. The topological polar surface area (TPSA) is 21.3 Å². The number of hydrogen-bond acceptors (Lipinski definition) is 2. The summed E-state index contributed by atoms with van der Waals surface area (Å²) in [6, 6.07) is 8.20. The van der Waals surface area contributed by atoms with Crippen molar-refractivity contribution in [2.75, 3.05) is 19.8 Å². The quantitative estimate of drug-likeness (QED) is 0.744. The number of ether oxygens (including phenoxy) is 1. The van der Waals surface area contributed by atoms with Crippen LogP contribution in [0, 0.1) is 0 Å². The van der Waals surface area contributed by atoms with E-state index in [1.165, 1.54) is 5.56 Å². The van der Waals surface area contributed by atoms with Crippen molar-refractivity contribution >= 4 is 11.6 Å². The van der Waals surface area contributed by atoms with Gasteiger partial charge in [-0.25, -0.2) is 0 Å². The van der Waals surface area contributed by atoms with Crippen molar-refractivity contribution in [3.63, 3.8) is 0 Å². The fraction of sp³-hybridized carbons (Fsp3) is 0.400. The predicted octanol–water partition coefficient (Wildman–Crippen LogP) is 2.00. The van der Waals surface area contributed by atoms with E-state index >= 15 is 0 Å². The van der Waals surface area contributed by atoms with Crippen molar-refractivity contribution in [1.29, 1.82) is 0 Å². The van der Waals surface area contributed by atoms with Gasteiger partial charge >= 0.3 is 0 Å². The van der Waals surface area contributed by atoms with E-state index in [4.69, 9.17) is 16.3 Å². The molecule has 70 valence electrons. The Bertz CT molecular complexity index is 284. The van der Waals surface area contributed by atoms with Gasteiger partial charge in [-0.1, -0.05) is 23.7 Å². The van der Waals surface area contributed by atoms with Gasteiger partial charge < -0.3 is 10.1 Å². The second-order valence-electron chi connectivity index (χ2n) is 3.14. The Morgan fingerprint density at radius 2 is 2.38 bits per heavy atom. The lowest BCUT2D eigenvalue weighted by molar-refractivity contribution is 0.0769. The zero-order valence-electron chi connectivity index (χ0n) is 7.29. The summed E-state index contributed by atoms with van der Waals surface area (Å²) in [7, 11) is 0. The van der Waals surface area contributed by atoms with Crippen molar-refractivity contribution in [3.8, 4) is 0 Å². The lowest BCUT2D eigenvalue weighted by Crippen LogP contribution is -2.34. The molecule has 1 saturated heterocycles. The molecule has 0 unspecified atom stereocenters. The summed E-state index contributed by atoms with van der Waals surface area (Å²) in [5.41, 5.74) is 1.20. The van der Waals surface area contributed by atoms with E-state index < -0.39 is 0 Å². The molecule has 3 heteroatoms. The summed E-state index contributed by atoms with van der Waals surface area (Å²) in [6.45, 7) is 2.45. The van der Waals surface area contributed by atoms with Gasteiger partial charge in [0.2, 0.25) is 0 Å². The summed E-state index contributed by atoms with van der Waals surface area (Å²) < 4.78 is 5.37. The predicted molar refractivity (Wildman–Crippen MR) is 53.0 cm³/mol. The fourth-order valence-corrected chi connectivity index (χ4v) is 1.70. The van der Waals surface area contributed by atoms with Gasteiger partial charge in [-0.15, -0.1) is 0 Å². The number of nitrogens with one attached hydrogen (secondary N) is 1. The molecule has 13 heavy (non-hydrogen) atoms. The van der Waals surface area contributed by atoms with Gasteiger partial charge in [0.15, 0.2) is 0 Å². The van der Waals surface area contributed by atoms with Crippen molar-refractivity contribution in [2.24, 2.45) is 0 Å². The molecule has 0 radical (unpaired) electrons. The summed E-state index contributed by atoms with van der Waals surface area (Å²) in [5, 5.41) is 4.16. The molecule has 1 aromatic carbocycles. The molecule has 1 aliphatic heterocycles. The maximum absolute atomic E-state index is 5.90. The molecule has 0 aromatic heterocycles. The van der Waals surface area contributed by atoms with Crippen molar-refractivity contribution in [2.45, 2.75) is 6.04 Å². The van der Waals surface area contributed by atoms with Gasteiger partial charge in [0.05, 0.1) is 19.3 Å². The second-order valence-corrected chi connectivity index (χ2v) is 3.57. The van der Waals surface area contributed by atoms with Crippen LogP contribution in [0.4, 0.5) is 0 Å². The molecule has 1 aromatic rings. The molecule has 0 saturated carbocycles. The summed E-state index contributed by atoms with van der Waals surface area (Å²) >= 11 is 5.90. The highest BCUT2D eigenvalue weighted by Gasteiger charge is 2.14. The highest BCUT2D eigenvalue weighted by Crippen LogP contribution is 2.19. The van der Waals surface area contributed by atoms with E-state index in [2.05, 4.69) is 11.4 Å². The molecule has 2 nitrogen and oxygen atoms in total. The summed E-state index contributed by atoms with van der Waals surface area (Å²) in [4.78, 5) is 0. The first-order valence-electron chi connectivity index (χ1n) is 4.43. The Hall–Kier alpha value is -0.570. The first kappa shape index (κ1) is 9.00. The average molecular weight is 198 g/mol. The SMILES string of the molecule is Clc1cccc([C@H]2COCCN2)c1. The maximum atomic E-state index is 5.90. The molecule has 0 aliphatic carbocycles. The number of hydrogen-bond donors (Lipinski definition) is 1. The molecular formula is C10H12ClNO. The molecule has 1 fully saturated rings. The Morgan fingerprint density at radius 1 is 1.46 bits per heavy atom. The standard InChI is InChI=1S/C10H12ClNO/c11-9-3-1-2-8(6-9)10-7-13-5-4-12-10/h1-3,6,10,12H,4-5,7H2/t10-/m1/s1. The van der Waals surface area contributed by atoms with Crippen LogP contribution < -0.4 is 5.32 Å². The van der Waals surface area contributed by atoms with Gasteiger partial charge in [-0.3, -0.25) is 0 Å². The van der Waals surface area contributed by atoms with Gasteiger partial charge in [-0.05, 0) is 17.7 Å². The Balaban J connectivity index is 2.14. The number of halogens is 1. The van der Waals surface area contributed by atoms with E-state index in [1.54, 1.807) is 0 Å². The Kier molecular flexibility index (Phi) is 2.83. The van der Waals surface area contributed by atoms with Crippen molar-refractivity contribution in [1.82, 2.24) is 5.32 Å². The third-order valence-corrected chi connectivity index (χ3v) is 2.41. The number of rotatable bonds is 1. The van der Waals surface area contributed by atoms with Gasteiger partial charge in [0, 0.05) is 11.6 Å². The van der Waals surface area contributed by atoms with Crippen molar-refractivity contribution in [3.05, 3.63) is 34.9 Å². The summed E-state index contributed by atoms with van der Waals surface area (Å²) in [6.07, 6.45) is 0. The third-order valence-electron chi connectivity index (χ3n) is 2.17. The molecule has 0 amide bonds. The molecule has 2 rings (SSSR count). The van der Waals surface area contributed by atoms with Gasteiger partial charge in [-0.2, -0.15) is 0 Å². The molecule has 1 aliphatic rings. The monoisotopic (exact) mass is 197 g/mol. The molecule has 1 heterocycles. The Labute approximate surface area is 82.9 Å². The van der Waals surface area contributed by atoms with Crippen LogP contribution in [0.5, 0.6) is 0 Å². The number of benzene rings is 1. The molecule has 1 atom stereocenters.